The molecule has 1 saturated heterocycles. The number of aliphatic hydroxyl groups excluding tert-OH is 2. The number of phenolic OH excluding ortho intramolecular Hbond substituents is 1. The van der Waals surface area contributed by atoms with Gasteiger partial charge in [0.2, 0.25) is 6.29 Å². The van der Waals surface area contributed by atoms with Crippen LogP contribution in [0.1, 0.15) is 85.4 Å². The van der Waals surface area contributed by atoms with Crippen LogP contribution in [0.4, 0.5) is 0 Å². The second-order valence-electron chi connectivity index (χ2n) is 16.5. The molecule has 4 N–H and O–H groups in total. The number of nitrogens with one attached hydrogen (secondary N) is 1. The molecule has 12 heteroatoms. The number of benzene rings is 4. The molecular weight excluding hydrogens is 765 g/mol. The second-order valence-corrected chi connectivity index (χ2v) is 16.5. The van der Waals surface area contributed by atoms with E-state index in [-0.39, 0.29) is 66.3 Å². The summed E-state index contributed by atoms with van der Waals surface area (Å²) in [4.78, 5) is 33.7. The fourth-order valence-corrected chi connectivity index (χ4v) is 10.3. The highest BCUT2D eigenvalue weighted by Crippen LogP contribution is 2.54. The van der Waals surface area contributed by atoms with Crippen LogP contribution < -0.4 is 9.47 Å². The van der Waals surface area contributed by atoms with Crippen LogP contribution in [-0.4, -0.2) is 87.9 Å². The topological polar surface area (TPSA) is 160 Å². The van der Waals surface area contributed by atoms with Crippen molar-refractivity contribution in [2.75, 3.05) is 20.3 Å². The smallest absolute Gasteiger partial charge is 0.254 e. The first-order valence-electron chi connectivity index (χ1n) is 20.5. The van der Waals surface area contributed by atoms with Gasteiger partial charge in [0.05, 0.1) is 36.8 Å². The Kier molecular flexibility index (Phi) is 8.79. The first kappa shape index (κ1) is 36.9. The molecular formula is C48H42N2O10. The molecule has 5 aromatic rings. The maximum Gasteiger partial charge on any atom is 0.254 e. The Hall–Kier alpha value is -6.10. The van der Waals surface area contributed by atoms with Gasteiger partial charge in [-0.1, -0.05) is 60.9 Å². The van der Waals surface area contributed by atoms with Crippen LogP contribution in [-0.2, 0) is 27.2 Å². The maximum atomic E-state index is 15.0. The minimum atomic E-state index is -1.58. The van der Waals surface area contributed by atoms with Gasteiger partial charge in [-0.3, -0.25) is 9.59 Å². The van der Waals surface area contributed by atoms with E-state index < -0.39 is 42.6 Å². The third kappa shape index (κ3) is 5.68. The van der Waals surface area contributed by atoms with Crippen molar-refractivity contribution >= 4 is 45.5 Å². The third-order valence-electron chi connectivity index (χ3n) is 13.3. The molecule has 11 rings (SSSR count). The first-order valence-corrected chi connectivity index (χ1v) is 20.5. The number of aromatic hydroxyl groups is 1. The average molecular weight is 807 g/mol. The Morgan fingerprint density at radius 3 is 2.72 bits per heavy atom. The van der Waals surface area contributed by atoms with Gasteiger partial charge < -0.3 is 48.9 Å². The van der Waals surface area contributed by atoms with E-state index in [2.05, 4.69) is 23.1 Å². The van der Waals surface area contributed by atoms with Crippen LogP contribution in [0.3, 0.4) is 0 Å². The monoisotopic (exact) mass is 806 g/mol. The fraction of sp³-hybridized carbons (Fsp3) is 0.333. The van der Waals surface area contributed by atoms with Crippen LogP contribution in [0.25, 0.3) is 33.8 Å². The number of amides is 1. The number of ketones is 1. The zero-order valence-electron chi connectivity index (χ0n) is 32.7. The van der Waals surface area contributed by atoms with Crippen molar-refractivity contribution in [3.8, 4) is 29.3 Å². The summed E-state index contributed by atoms with van der Waals surface area (Å²) < 4.78 is 31.8. The number of carbonyl (C=O) groups excluding carboxylic acids is 2. The first-order chi connectivity index (χ1) is 29.3. The number of fused-ring (bicyclic) bond motifs is 10. The van der Waals surface area contributed by atoms with E-state index in [9.17, 15) is 24.9 Å². The van der Waals surface area contributed by atoms with E-state index in [1.54, 1.807) is 25.3 Å². The molecule has 8 bridgehead atoms. The van der Waals surface area contributed by atoms with E-state index in [1.807, 2.05) is 54.7 Å². The van der Waals surface area contributed by atoms with Gasteiger partial charge in [-0.25, -0.2) is 0 Å². The Labute approximate surface area is 344 Å². The number of rotatable bonds is 2. The number of para-hydroxylation sites is 1. The lowest BCUT2D eigenvalue weighted by molar-refractivity contribution is -0.279. The highest BCUT2D eigenvalue weighted by atomic mass is 16.7. The summed E-state index contributed by atoms with van der Waals surface area (Å²) in [6.07, 6.45) is 7.81. The predicted molar refractivity (Wildman–Crippen MR) is 220 cm³/mol. The zero-order valence-corrected chi connectivity index (χ0v) is 32.7. The van der Waals surface area contributed by atoms with Crippen molar-refractivity contribution in [1.82, 2.24) is 9.88 Å². The minimum absolute atomic E-state index is 0.0319. The summed E-state index contributed by atoms with van der Waals surface area (Å²) in [6.45, 7) is -0.196. The van der Waals surface area contributed by atoms with Gasteiger partial charge in [-0.05, 0) is 71.2 Å². The summed E-state index contributed by atoms with van der Waals surface area (Å²) in [6, 6.07) is 15.1. The average Bonchev–Trinajstić information content (AvgIpc) is 3.99. The van der Waals surface area contributed by atoms with Crippen molar-refractivity contribution in [1.29, 1.82) is 0 Å². The molecule has 5 heterocycles. The fourth-order valence-electron chi connectivity index (χ4n) is 10.3. The molecule has 0 radical (unpaired) electrons. The summed E-state index contributed by atoms with van der Waals surface area (Å²) >= 11 is 0. The van der Waals surface area contributed by atoms with E-state index in [1.165, 1.54) is 4.90 Å². The molecule has 6 aliphatic rings. The summed E-state index contributed by atoms with van der Waals surface area (Å²) in [7, 11) is 1.54. The van der Waals surface area contributed by atoms with Crippen molar-refractivity contribution in [3.05, 3.63) is 111 Å². The number of hydrogen-bond acceptors (Lipinski definition) is 10. The molecule has 12 nitrogen and oxygen atoms in total. The number of allylic oxidation sites excluding steroid dienone is 1. The normalized spacial score (nSPS) is 28.4. The van der Waals surface area contributed by atoms with Crippen LogP contribution in [0.2, 0.25) is 0 Å². The summed E-state index contributed by atoms with van der Waals surface area (Å²) in [5, 5.41) is 38.3. The maximum absolute atomic E-state index is 15.0. The molecule has 1 aromatic heterocycles. The van der Waals surface area contributed by atoms with E-state index in [0.29, 0.717) is 22.3 Å². The lowest BCUT2D eigenvalue weighted by Gasteiger charge is -2.41. The lowest BCUT2D eigenvalue weighted by Crippen LogP contribution is -2.60. The molecule has 1 saturated carbocycles. The van der Waals surface area contributed by atoms with Gasteiger partial charge in [0.25, 0.3) is 5.91 Å². The number of ether oxygens (including phenoxy) is 5. The molecule has 2 fully saturated rings. The standard InChI is InChI=1S/C48H42N2O10/c1-56-37-19-31-28-15-14-25-8-4-11-26(25)39(28)41-35(51)22-50-21-33-24(7-5-12-29(33)47(50)55)9-6-18-57-46-42(52)38-23-58-36(32-20-49-34-13-3-2-10-27(32)34)17-16-30(37)45(40(31)43(41)53)60-48(59-38)44(46)54/h2-3,5,7,10,12-17,19-20,25-26,36,38,42,44,46,48-49,52-54H,4,8-9,11,21-23H2,1H3/b17-16+/t25-,26-,36-,38-,42-,44-,46+,48-/m1/s1. The highest BCUT2D eigenvalue weighted by Gasteiger charge is 2.49. The second kappa shape index (κ2) is 14.3. The number of H-pyrrole nitrogens is 1. The molecule has 0 spiro atoms. The molecule has 1 amide bonds. The molecule has 2 aliphatic carbocycles. The van der Waals surface area contributed by atoms with Crippen LogP contribution in [0.15, 0.2) is 66.9 Å². The molecule has 4 aliphatic heterocycles. The number of carbonyl (C=O) groups is 2. The number of aliphatic hydroxyl groups is 2. The van der Waals surface area contributed by atoms with Gasteiger partial charge in [-0.2, -0.15) is 0 Å². The van der Waals surface area contributed by atoms with Gasteiger partial charge >= 0.3 is 0 Å². The number of aromatic nitrogens is 1. The SMILES string of the molecule is COc1cc2c3c(c4c(O)c2c2c1/C=C/[C@H](c1c[nH]c5ccccc15)OC[C@H]1O[C@H](O2)[C@H](O)[C@@H](OC#CCc2cccc5c2CN(CC4=O)C5=O)[C@@H]1O)[C@@H]1CCC[C@@H]1C=C3. The van der Waals surface area contributed by atoms with E-state index in [4.69, 9.17) is 23.7 Å². The van der Waals surface area contributed by atoms with Crippen molar-refractivity contribution in [2.45, 2.75) is 75.0 Å². The van der Waals surface area contributed by atoms with Crippen LogP contribution in [0.5, 0.6) is 17.2 Å². The number of aromatic amines is 1. The largest absolute Gasteiger partial charge is 0.506 e. The Bertz CT molecular complexity index is 2760. The molecule has 4 aromatic carbocycles. The Morgan fingerprint density at radius 2 is 1.83 bits per heavy atom. The van der Waals surface area contributed by atoms with Crippen LogP contribution >= 0.6 is 0 Å². The number of hydrogen-bond donors (Lipinski definition) is 4. The minimum Gasteiger partial charge on any atom is -0.506 e. The summed E-state index contributed by atoms with van der Waals surface area (Å²) in [5.41, 5.74) is 5.79. The molecule has 8 atom stereocenters. The van der Waals surface area contributed by atoms with Gasteiger partial charge in [-0.15, -0.1) is 0 Å². The number of methoxy groups -OCH3 is 1. The van der Waals surface area contributed by atoms with Gasteiger partial charge in [0.1, 0.15) is 41.7 Å². The number of nitrogens with zero attached hydrogens (tertiary/aromatic N) is 1. The lowest BCUT2D eigenvalue weighted by atomic mass is 9.75. The molecule has 304 valence electrons. The van der Waals surface area contributed by atoms with Crippen molar-refractivity contribution < 1.29 is 48.6 Å². The van der Waals surface area contributed by atoms with Crippen molar-refractivity contribution in [3.63, 3.8) is 0 Å². The Morgan fingerprint density at radius 1 is 0.967 bits per heavy atom. The van der Waals surface area contributed by atoms with Crippen molar-refractivity contribution in [2.24, 2.45) is 5.92 Å². The van der Waals surface area contributed by atoms with Crippen LogP contribution in [0, 0.1) is 17.9 Å². The zero-order chi connectivity index (χ0) is 40.8. The highest BCUT2D eigenvalue weighted by molar-refractivity contribution is 6.14. The number of phenols is 1. The third-order valence-corrected chi connectivity index (χ3v) is 13.3. The van der Waals surface area contributed by atoms with E-state index >= 15 is 0 Å². The van der Waals surface area contributed by atoms with Gasteiger partial charge in [0, 0.05) is 46.6 Å². The number of Topliss-reactive ketones (excluding diaryl/α,β-unsaturated/α-hetero) is 1. The Balaban J connectivity index is 1.18. The van der Waals surface area contributed by atoms with E-state index in [0.717, 1.165) is 58.0 Å². The quantitative estimate of drug-likeness (QED) is 0.149. The molecule has 0 unspecified atom stereocenters. The predicted octanol–water partition coefficient (Wildman–Crippen LogP) is 6.30. The van der Waals surface area contributed by atoms with Gasteiger partial charge in [0.15, 0.2) is 18.0 Å². The summed E-state index contributed by atoms with van der Waals surface area (Å²) in [5.74, 6) is 2.66. The molecule has 60 heavy (non-hydrogen) atoms.